The first-order chi connectivity index (χ1) is 10.1. The molecule has 21 heavy (non-hydrogen) atoms. The van der Waals surface area contributed by atoms with Crippen molar-refractivity contribution in [1.82, 2.24) is 0 Å². The molecule has 106 valence electrons. The lowest BCUT2D eigenvalue weighted by molar-refractivity contribution is 0.871. The van der Waals surface area contributed by atoms with Gasteiger partial charge in [-0.2, -0.15) is 0 Å². The molecule has 0 fully saturated rings. The SMILES string of the molecule is Cc1ccc2ccccc2c1C(N)c1ccc(Br)c(Cl)c1. The quantitative estimate of drug-likeness (QED) is 0.631. The third-order valence-corrected chi connectivity index (χ3v) is 5.03. The Morgan fingerprint density at radius 1 is 1.05 bits per heavy atom. The molecule has 0 saturated heterocycles. The second-order valence-electron chi connectivity index (χ2n) is 5.17. The Balaban J connectivity index is 2.19. The third-order valence-electron chi connectivity index (χ3n) is 3.80. The summed E-state index contributed by atoms with van der Waals surface area (Å²) >= 11 is 9.62. The second kappa shape index (κ2) is 5.80. The van der Waals surface area contributed by atoms with Crippen molar-refractivity contribution >= 4 is 38.3 Å². The average molecular weight is 361 g/mol. The van der Waals surface area contributed by atoms with Crippen LogP contribution in [-0.2, 0) is 0 Å². The molecule has 0 amide bonds. The summed E-state index contributed by atoms with van der Waals surface area (Å²) in [6, 6.07) is 18.3. The normalized spacial score (nSPS) is 12.6. The summed E-state index contributed by atoms with van der Waals surface area (Å²) in [6.07, 6.45) is 0. The Morgan fingerprint density at radius 3 is 2.57 bits per heavy atom. The van der Waals surface area contributed by atoms with Gasteiger partial charge in [-0.15, -0.1) is 0 Å². The molecule has 0 aliphatic heterocycles. The van der Waals surface area contributed by atoms with Crippen LogP contribution in [0.15, 0.2) is 59.1 Å². The van der Waals surface area contributed by atoms with Gasteiger partial charge in [-0.05, 0) is 62.4 Å². The van der Waals surface area contributed by atoms with E-state index >= 15 is 0 Å². The maximum Gasteiger partial charge on any atom is 0.0560 e. The van der Waals surface area contributed by atoms with E-state index in [0.717, 1.165) is 15.6 Å². The van der Waals surface area contributed by atoms with Crippen LogP contribution < -0.4 is 5.73 Å². The van der Waals surface area contributed by atoms with Gasteiger partial charge in [0.1, 0.15) is 0 Å². The molecular formula is C18H15BrClN. The minimum absolute atomic E-state index is 0.193. The fourth-order valence-corrected chi connectivity index (χ4v) is 3.13. The highest BCUT2D eigenvalue weighted by molar-refractivity contribution is 9.10. The van der Waals surface area contributed by atoms with Gasteiger partial charge in [0.15, 0.2) is 0 Å². The van der Waals surface area contributed by atoms with Gasteiger partial charge in [-0.25, -0.2) is 0 Å². The molecule has 3 heteroatoms. The van der Waals surface area contributed by atoms with Gasteiger partial charge in [0.25, 0.3) is 0 Å². The molecular weight excluding hydrogens is 346 g/mol. The number of hydrogen-bond acceptors (Lipinski definition) is 1. The topological polar surface area (TPSA) is 26.0 Å². The summed E-state index contributed by atoms with van der Waals surface area (Å²) in [5.41, 5.74) is 9.90. The highest BCUT2D eigenvalue weighted by atomic mass is 79.9. The van der Waals surface area contributed by atoms with Crippen molar-refractivity contribution in [3.05, 3.63) is 80.8 Å². The van der Waals surface area contributed by atoms with Gasteiger partial charge in [-0.3, -0.25) is 0 Å². The van der Waals surface area contributed by atoms with E-state index in [2.05, 4.69) is 47.1 Å². The van der Waals surface area contributed by atoms with Crippen LogP contribution >= 0.6 is 27.5 Å². The van der Waals surface area contributed by atoms with E-state index in [1.807, 2.05) is 30.3 Å². The maximum atomic E-state index is 6.53. The number of aryl methyl sites for hydroxylation is 1. The van der Waals surface area contributed by atoms with Gasteiger partial charge >= 0.3 is 0 Å². The number of nitrogens with two attached hydrogens (primary N) is 1. The van der Waals surface area contributed by atoms with Crippen molar-refractivity contribution < 1.29 is 0 Å². The molecule has 0 spiro atoms. The molecule has 3 aromatic rings. The van der Waals surface area contributed by atoms with E-state index in [9.17, 15) is 0 Å². The van der Waals surface area contributed by atoms with E-state index in [4.69, 9.17) is 17.3 Å². The van der Waals surface area contributed by atoms with Gasteiger partial charge < -0.3 is 5.73 Å². The van der Waals surface area contributed by atoms with Crippen LogP contribution in [-0.4, -0.2) is 0 Å². The Labute approximate surface area is 137 Å². The molecule has 0 aliphatic rings. The van der Waals surface area contributed by atoms with Crippen molar-refractivity contribution in [3.8, 4) is 0 Å². The minimum atomic E-state index is -0.193. The third kappa shape index (κ3) is 2.71. The lowest BCUT2D eigenvalue weighted by Crippen LogP contribution is -2.14. The Kier molecular flexibility index (Phi) is 4.03. The molecule has 3 aromatic carbocycles. The maximum absolute atomic E-state index is 6.53. The molecule has 1 nitrogen and oxygen atoms in total. The molecule has 0 aromatic heterocycles. The standard InChI is InChI=1S/C18H15BrClN/c1-11-6-7-12-4-2-3-5-14(12)17(11)18(21)13-8-9-15(19)16(20)10-13/h2-10,18H,21H2,1H3. The minimum Gasteiger partial charge on any atom is -0.320 e. The van der Waals surface area contributed by atoms with E-state index in [-0.39, 0.29) is 6.04 Å². The fraction of sp³-hybridized carbons (Fsp3) is 0.111. The van der Waals surface area contributed by atoms with Crippen molar-refractivity contribution in [3.63, 3.8) is 0 Å². The van der Waals surface area contributed by atoms with Crippen molar-refractivity contribution in [2.75, 3.05) is 0 Å². The van der Waals surface area contributed by atoms with Crippen LogP contribution in [0, 0.1) is 6.92 Å². The molecule has 0 radical (unpaired) electrons. The van der Waals surface area contributed by atoms with Crippen LogP contribution in [0.4, 0.5) is 0 Å². The molecule has 1 atom stereocenters. The second-order valence-corrected chi connectivity index (χ2v) is 6.43. The molecule has 1 unspecified atom stereocenters. The highest BCUT2D eigenvalue weighted by Crippen LogP contribution is 2.33. The summed E-state index contributed by atoms with van der Waals surface area (Å²) in [6.45, 7) is 2.10. The summed E-state index contributed by atoms with van der Waals surface area (Å²) in [7, 11) is 0. The number of rotatable bonds is 2. The Bertz CT molecular complexity index is 813. The first kappa shape index (κ1) is 14.6. The van der Waals surface area contributed by atoms with Gasteiger partial charge in [0.05, 0.1) is 11.1 Å². The monoisotopic (exact) mass is 359 g/mol. The molecule has 0 heterocycles. The zero-order valence-corrected chi connectivity index (χ0v) is 13.9. The number of fused-ring (bicyclic) bond motifs is 1. The first-order valence-corrected chi connectivity index (χ1v) is 7.94. The van der Waals surface area contributed by atoms with Crippen molar-refractivity contribution in [1.29, 1.82) is 0 Å². The largest absolute Gasteiger partial charge is 0.320 e. The molecule has 2 N–H and O–H groups in total. The number of halogens is 2. The van der Waals surface area contributed by atoms with Crippen LogP contribution in [0.2, 0.25) is 5.02 Å². The number of benzene rings is 3. The molecule has 0 bridgehead atoms. The lowest BCUT2D eigenvalue weighted by Gasteiger charge is -2.18. The zero-order valence-electron chi connectivity index (χ0n) is 11.6. The smallest absolute Gasteiger partial charge is 0.0560 e. The van der Waals surface area contributed by atoms with Crippen LogP contribution in [0.5, 0.6) is 0 Å². The van der Waals surface area contributed by atoms with Gasteiger partial charge in [0, 0.05) is 4.47 Å². The zero-order chi connectivity index (χ0) is 15.0. The van der Waals surface area contributed by atoms with E-state index in [1.165, 1.54) is 16.3 Å². The van der Waals surface area contributed by atoms with Crippen molar-refractivity contribution in [2.45, 2.75) is 13.0 Å². The van der Waals surface area contributed by atoms with Gasteiger partial charge in [0.2, 0.25) is 0 Å². The first-order valence-electron chi connectivity index (χ1n) is 6.76. The van der Waals surface area contributed by atoms with Crippen LogP contribution in [0.3, 0.4) is 0 Å². The van der Waals surface area contributed by atoms with E-state index in [1.54, 1.807) is 0 Å². The van der Waals surface area contributed by atoms with E-state index in [0.29, 0.717) is 5.02 Å². The average Bonchev–Trinajstić information content (AvgIpc) is 2.49. The fourth-order valence-electron chi connectivity index (χ4n) is 2.69. The van der Waals surface area contributed by atoms with Crippen molar-refractivity contribution in [2.24, 2.45) is 5.73 Å². The Hall–Kier alpha value is -1.35. The summed E-state index contributed by atoms with van der Waals surface area (Å²) in [5.74, 6) is 0. The molecule has 0 aliphatic carbocycles. The summed E-state index contributed by atoms with van der Waals surface area (Å²) in [5, 5.41) is 3.08. The Morgan fingerprint density at radius 2 is 1.81 bits per heavy atom. The van der Waals surface area contributed by atoms with Gasteiger partial charge in [-0.1, -0.05) is 54.1 Å². The summed E-state index contributed by atoms with van der Waals surface area (Å²) < 4.78 is 0.884. The molecule has 3 rings (SSSR count). The predicted octanol–water partition coefficient (Wildman–Crippen LogP) is 5.61. The van der Waals surface area contributed by atoms with E-state index < -0.39 is 0 Å². The molecule has 0 saturated carbocycles. The summed E-state index contributed by atoms with van der Waals surface area (Å²) in [4.78, 5) is 0. The highest BCUT2D eigenvalue weighted by Gasteiger charge is 2.15. The van der Waals surface area contributed by atoms with Crippen LogP contribution in [0.1, 0.15) is 22.7 Å². The predicted molar refractivity (Wildman–Crippen MR) is 93.9 cm³/mol. The van der Waals surface area contributed by atoms with Crippen LogP contribution in [0.25, 0.3) is 10.8 Å². The lowest BCUT2D eigenvalue weighted by atomic mass is 9.91. The number of hydrogen-bond donors (Lipinski definition) is 1.